The van der Waals surface area contributed by atoms with Gasteiger partial charge in [0.25, 0.3) is 0 Å². The molecule has 2 heterocycles. The molecule has 2 saturated heterocycles. The summed E-state index contributed by atoms with van der Waals surface area (Å²) in [7, 11) is 1.94. The summed E-state index contributed by atoms with van der Waals surface area (Å²) in [6.45, 7) is 4.63. The summed E-state index contributed by atoms with van der Waals surface area (Å²) in [5.74, 6) is 0. The van der Waals surface area contributed by atoms with Gasteiger partial charge in [0.2, 0.25) is 0 Å². The Bertz CT molecular complexity index is 241. The second kappa shape index (κ2) is 5.50. The van der Waals surface area contributed by atoms with Crippen molar-refractivity contribution in [1.29, 1.82) is 0 Å². The highest BCUT2D eigenvalue weighted by atomic mass is 16.5. The standard InChI is InChI=1S/C11H21N3O2/c1-12-9-10-3-2-4-14(10)11(15)13-5-7-16-8-6-13/h10,12H,2-9H2,1H3. The number of nitrogens with one attached hydrogen (secondary N) is 1. The lowest BCUT2D eigenvalue weighted by Crippen LogP contribution is -2.51. The average molecular weight is 227 g/mol. The van der Waals surface area contributed by atoms with Gasteiger partial charge in [-0.15, -0.1) is 0 Å². The Balaban J connectivity index is 1.91. The number of ether oxygens (including phenoxy) is 1. The van der Waals surface area contributed by atoms with Crippen molar-refractivity contribution in [2.45, 2.75) is 18.9 Å². The molecule has 0 bridgehead atoms. The zero-order chi connectivity index (χ0) is 11.4. The third kappa shape index (κ3) is 2.47. The Morgan fingerprint density at radius 1 is 1.38 bits per heavy atom. The summed E-state index contributed by atoms with van der Waals surface area (Å²) >= 11 is 0. The molecule has 2 amide bonds. The monoisotopic (exact) mass is 227 g/mol. The van der Waals surface area contributed by atoms with Crippen molar-refractivity contribution in [3.05, 3.63) is 0 Å². The summed E-state index contributed by atoms with van der Waals surface area (Å²) < 4.78 is 5.26. The molecule has 1 N–H and O–H groups in total. The lowest BCUT2D eigenvalue weighted by molar-refractivity contribution is 0.0423. The fourth-order valence-corrected chi connectivity index (χ4v) is 2.47. The molecule has 5 nitrogen and oxygen atoms in total. The van der Waals surface area contributed by atoms with Crippen molar-refractivity contribution in [3.8, 4) is 0 Å². The highest BCUT2D eigenvalue weighted by Gasteiger charge is 2.31. The average Bonchev–Trinajstić information content (AvgIpc) is 2.78. The summed E-state index contributed by atoms with van der Waals surface area (Å²) in [5, 5.41) is 3.16. The zero-order valence-corrected chi connectivity index (χ0v) is 9.95. The van der Waals surface area contributed by atoms with Crippen molar-refractivity contribution in [3.63, 3.8) is 0 Å². The van der Waals surface area contributed by atoms with Crippen molar-refractivity contribution < 1.29 is 9.53 Å². The lowest BCUT2D eigenvalue weighted by atomic mass is 10.2. The number of hydrogen-bond acceptors (Lipinski definition) is 3. The number of hydrogen-bond donors (Lipinski definition) is 1. The van der Waals surface area contributed by atoms with E-state index in [2.05, 4.69) is 5.32 Å². The SMILES string of the molecule is CNCC1CCCN1C(=O)N1CCOCC1. The molecule has 0 aromatic heterocycles. The molecule has 92 valence electrons. The van der Waals surface area contributed by atoms with Gasteiger partial charge in [0.1, 0.15) is 0 Å². The molecule has 0 radical (unpaired) electrons. The number of urea groups is 1. The maximum Gasteiger partial charge on any atom is 0.320 e. The van der Waals surface area contributed by atoms with E-state index < -0.39 is 0 Å². The molecule has 16 heavy (non-hydrogen) atoms. The first-order chi connectivity index (χ1) is 7.83. The van der Waals surface area contributed by atoms with Crippen LogP contribution in [0.3, 0.4) is 0 Å². The topological polar surface area (TPSA) is 44.8 Å². The van der Waals surface area contributed by atoms with E-state index in [0.717, 1.165) is 39.0 Å². The number of carbonyl (C=O) groups excluding carboxylic acids is 1. The summed E-state index contributed by atoms with van der Waals surface area (Å²) in [6, 6.07) is 0.571. The Labute approximate surface area is 96.7 Å². The highest BCUT2D eigenvalue weighted by Crippen LogP contribution is 2.18. The molecule has 2 aliphatic heterocycles. The fourth-order valence-electron chi connectivity index (χ4n) is 2.47. The van der Waals surface area contributed by atoms with E-state index in [1.165, 1.54) is 0 Å². The third-order valence-corrected chi connectivity index (χ3v) is 3.34. The molecular weight excluding hydrogens is 206 g/mol. The minimum absolute atomic E-state index is 0.195. The van der Waals surface area contributed by atoms with Crippen LogP contribution in [0.4, 0.5) is 4.79 Å². The van der Waals surface area contributed by atoms with Gasteiger partial charge in [-0.25, -0.2) is 4.79 Å². The van der Waals surface area contributed by atoms with Crippen LogP contribution in [-0.4, -0.2) is 68.3 Å². The summed E-state index contributed by atoms with van der Waals surface area (Å²) in [4.78, 5) is 16.2. The normalized spacial score (nSPS) is 26.2. The van der Waals surface area contributed by atoms with Crippen molar-refractivity contribution in [2.24, 2.45) is 0 Å². The number of amides is 2. The zero-order valence-electron chi connectivity index (χ0n) is 9.95. The summed E-state index contributed by atoms with van der Waals surface area (Å²) in [6.07, 6.45) is 2.25. The van der Waals surface area contributed by atoms with E-state index in [9.17, 15) is 4.79 Å². The first-order valence-electron chi connectivity index (χ1n) is 6.11. The van der Waals surface area contributed by atoms with E-state index in [4.69, 9.17) is 4.74 Å². The minimum atomic E-state index is 0.195. The maximum atomic E-state index is 12.3. The van der Waals surface area contributed by atoms with Crippen LogP contribution in [-0.2, 0) is 4.74 Å². The molecule has 0 aliphatic carbocycles. The Hall–Kier alpha value is -0.810. The number of likely N-dealkylation sites (N-methyl/N-ethyl adjacent to an activating group) is 1. The van der Waals surface area contributed by atoms with Gasteiger partial charge in [-0.3, -0.25) is 0 Å². The van der Waals surface area contributed by atoms with Crippen molar-refractivity contribution >= 4 is 6.03 Å². The van der Waals surface area contributed by atoms with Crippen LogP contribution in [0.2, 0.25) is 0 Å². The van der Waals surface area contributed by atoms with E-state index in [1.54, 1.807) is 0 Å². The van der Waals surface area contributed by atoms with Gasteiger partial charge in [0.15, 0.2) is 0 Å². The molecule has 5 heteroatoms. The van der Waals surface area contributed by atoms with Gasteiger partial charge in [-0.2, -0.15) is 0 Å². The fraction of sp³-hybridized carbons (Fsp3) is 0.909. The smallest absolute Gasteiger partial charge is 0.320 e. The third-order valence-electron chi connectivity index (χ3n) is 3.34. The molecule has 1 unspecified atom stereocenters. The second-order valence-electron chi connectivity index (χ2n) is 4.43. The van der Waals surface area contributed by atoms with E-state index in [0.29, 0.717) is 19.3 Å². The van der Waals surface area contributed by atoms with Crippen LogP contribution >= 0.6 is 0 Å². The number of nitrogens with zero attached hydrogens (tertiary/aromatic N) is 2. The Morgan fingerprint density at radius 3 is 2.81 bits per heavy atom. The molecule has 1 atom stereocenters. The van der Waals surface area contributed by atoms with E-state index in [1.807, 2.05) is 16.8 Å². The van der Waals surface area contributed by atoms with Gasteiger partial charge in [-0.05, 0) is 19.9 Å². The Kier molecular flexibility index (Phi) is 4.01. The van der Waals surface area contributed by atoms with E-state index in [-0.39, 0.29) is 6.03 Å². The largest absolute Gasteiger partial charge is 0.378 e. The Morgan fingerprint density at radius 2 is 2.12 bits per heavy atom. The predicted molar refractivity (Wildman–Crippen MR) is 61.4 cm³/mol. The predicted octanol–water partition coefficient (Wildman–Crippen LogP) is 0.122. The van der Waals surface area contributed by atoms with Crippen LogP contribution in [0.1, 0.15) is 12.8 Å². The van der Waals surface area contributed by atoms with Crippen LogP contribution in [0.25, 0.3) is 0 Å². The van der Waals surface area contributed by atoms with Gasteiger partial charge in [-0.1, -0.05) is 0 Å². The molecule has 2 rings (SSSR count). The van der Waals surface area contributed by atoms with Crippen LogP contribution in [0.15, 0.2) is 0 Å². The molecule has 2 fully saturated rings. The molecular formula is C11H21N3O2. The van der Waals surface area contributed by atoms with Crippen LogP contribution in [0.5, 0.6) is 0 Å². The maximum absolute atomic E-state index is 12.3. The quantitative estimate of drug-likeness (QED) is 0.729. The molecule has 0 spiro atoms. The number of likely N-dealkylation sites (tertiary alicyclic amines) is 1. The van der Waals surface area contributed by atoms with Crippen LogP contribution in [0, 0.1) is 0 Å². The van der Waals surface area contributed by atoms with Gasteiger partial charge in [0, 0.05) is 32.2 Å². The van der Waals surface area contributed by atoms with Crippen LogP contribution < -0.4 is 5.32 Å². The number of morpholine rings is 1. The minimum Gasteiger partial charge on any atom is -0.378 e. The van der Waals surface area contributed by atoms with Crippen molar-refractivity contribution in [1.82, 2.24) is 15.1 Å². The molecule has 0 saturated carbocycles. The second-order valence-corrected chi connectivity index (χ2v) is 4.43. The van der Waals surface area contributed by atoms with Crippen molar-refractivity contribution in [2.75, 3.05) is 46.4 Å². The first kappa shape index (κ1) is 11.7. The summed E-state index contributed by atoms with van der Waals surface area (Å²) in [5.41, 5.74) is 0. The highest BCUT2D eigenvalue weighted by molar-refractivity contribution is 5.75. The lowest BCUT2D eigenvalue weighted by Gasteiger charge is -2.33. The number of rotatable bonds is 2. The molecule has 0 aromatic carbocycles. The number of carbonyl (C=O) groups is 1. The van der Waals surface area contributed by atoms with E-state index >= 15 is 0 Å². The van der Waals surface area contributed by atoms with Gasteiger partial charge < -0.3 is 19.9 Å². The van der Waals surface area contributed by atoms with Gasteiger partial charge >= 0.3 is 6.03 Å². The molecule has 0 aromatic rings. The first-order valence-corrected chi connectivity index (χ1v) is 6.11. The van der Waals surface area contributed by atoms with Gasteiger partial charge in [0.05, 0.1) is 13.2 Å². The molecule has 2 aliphatic rings.